The summed E-state index contributed by atoms with van der Waals surface area (Å²) in [7, 11) is 0. The molecule has 6 heteroatoms. The van der Waals surface area contributed by atoms with Crippen LogP contribution in [-0.4, -0.2) is 30.6 Å². The van der Waals surface area contributed by atoms with E-state index in [-0.39, 0.29) is 10.8 Å². The number of aromatic hydroxyl groups is 6. The highest BCUT2D eigenvalue weighted by Gasteiger charge is 2.35. The maximum Gasteiger partial charge on any atom is 0.121 e. The molecule has 58 heavy (non-hydrogen) atoms. The van der Waals surface area contributed by atoms with E-state index in [0.717, 1.165) is 63.8 Å². The van der Waals surface area contributed by atoms with Crippen molar-refractivity contribution in [3.8, 4) is 34.5 Å². The van der Waals surface area contributed by atoms with Crippen LogP contribution in [0.4, 0.5) is 0 Å². The Bertz CT molecular complexity index is 2130. The molecule has 0 saturated heterocycles. The lowest BCUT2D eigenvalue weighted by molar-refractivity contribution is 0.345. The zero-order valence-electron chi connectivity index (χ0n) is 35.3. The zero-order chi connectivity index (χ0) is 42.4. The van der Waals surface area contributed by atoms with Crippen molar-refractivity contribution in [3.63, 3.8) is 0 Å². The summed E-state index contributed by atoms with van der Waals surface area (Å²) in [4.78, 5) is 0. The van der Waals surface area contributed by atoms with Crippen molar-refractivity contribution < 1.29 is 30.6 Å². The standard InChI is InChI=1S/C18H20O2.2C17H20O2/c19-16-8-4-14(5-9-16)18(12-2-1-3-13-18)15-6-10-17(20)11-7-15;1-10-5-14(6-11(2)16(10)18)9-15-7-12(3)17(19)13(4)8-15;1-11-9-13(5-7-15(11)18)17(3,4)14-6-8-16(19)12(2)10-14/h4-11,19-20H,1-3,12-13H2;5-8,18-19H,9H2,1-4H3;5-10,18-19H,1-4H3. The molecule has 0 heterocycles. The Labute approximate surface area is 344 Å². The van der Waals surface area contributed by atoms with Crippen molar-refractivity contribution in [2.75, 3.05) is 0 Å². The molecule has 0 radical (unpaired) electrons. The van der Waals surface area contributed by atoms with Crippen LogP contribution < -0.4 is 0 Å². The summed E-state index contributed by atoms with van der Waals surface area (Å²) in [6.07, 6.45) is 6.80. The molecule has 0 atom stereocenters. The molecule has 0 unspecified atom stereocenters. The van der Waals surface area contributed by atoms with Gasteiger partial charge in [-0.25, -0.2) is 0 Å². The average Bonchev–Trinajstić information content (AvgIpc) is 3.19. The van der Waals surface area contributed by atoms with Gasteiger partial charge in [0.2, 0.25) is 0 Å². The van der Waals surface area contributed by atoms with Gasteiger partial charge in [-0.2, -0.15) is 0 Å². The molecule has 6 N–H and O–H groups in total. The largest absolute Gasteiger partial charge is 0.508 e. The number of benzene rings is 6. The molecule has 0 bridgehead atoms. The molecule has 0 aromatic heterocycles. The number of hydrogen-bond donors (Lipinski definition) is 6. The van der Waals surface area contributed by atoms with Gasteiger partial charge in [0.1, 0.15) is 34.5 Å². The minimum atomic E-state index is -0.170. The Kier molecular flexibility index (Phi) is 13.5. The molecule has 6 aromatic carbocycles. The summed E-state index contributed by atoms with van der Waals surface area (Å²) in [5.74, 6) is 2.02. The normalized spacial score (nSPS) is 13.4. The van der Waals surface area contributed by atoms with Gasteiger partial charge in [-0.1, -0.05) is 106 Å². The number of rotatable bonds is 6. The maximum absolute atomic E-state index is 9.79. The van der Waals surface area contributed by atoms with Crippen molar-refractivity contribution >= 4 is 0 Å². The fourth-order valence-corrected chi connectivity index (χ4v) is 8.25. The van der Waals surface area contributed by atoms with E-state index in [1.165, 1.54) is 41.5 Å². The quantitative estimate of drug-likeness (QED) is 0.100. The molecular formula is C52H60O6. The zero-order valence-corrected chi connectivity index (χ0v) is 35.3. The second kappa shape index (κ2) is 18.1. The summed E-state index contributed by atoms with van der Waals surface area (Å²) < 4.78 is 0. The number of phenolic OH excluding ortho intramolecular Hbond substituents is 6. The van der Waals surface area contributed by atoms with Crippen LogP contribution in [0.1, 0.15) is 113 Å². The minimum Gasteiger partial charge on any atom is -0.508 e. The molecule has 0 aliphatic heterocycles. The summed E-state index contributed by atoms with van der Waals surface area (Å²) in [6.45, 7) is 15.7. The molecule has 0 spiro atoms. The average molecular weight is 781 g/mol. The fraction of sp³-hybridized carbons (Fsp3) is 0.308. The van der Waals surface area contributed by atoms with E-state index in [4.69, 9.17) is 0 Å². The number of phenols is 6. The first-order valence-electron chi connectivity index (χ1n) is 20.2. The van der Waals surface area contributed by atoms with Crippen LogP contribution in [0.25, 0.3) is 0 Å². The maximum atomic E-state index is 9.79. The van der Waals surface area contributed by atoms with E-state index < -0.39 is 0 Å². The first kappa shape index (κ1) is 43.2. The second-order valence-electron chi connectivity index (χ2n) is 16.7. The van der Waals surface area contributed by atoms with E-state index in [0.29, 0.717) is 34.5 Å². The van der Waals surface area contributed by atoms with Crippen molar-refractivity contribution in [1.29, 1.82) is 0 Å². The molecule has 0 amide bonds. The summed E-state index contributed by atoms with van der Waals surface area (Å²) in [5, 5.41) is 57.9. The van der Waals surface area contributed by atoms with Gasteiger partial charge in [0, 0.05) is 10.8 Å². The third-order valence-corrected chi connectivity index (χ3v) is 11.9. The number of hydrogen-bond acceptors (Lipinski definition) is 6. The van der Waals surface area contributed by atoms with Gasteiger partial charge in [0.15, 0.2) is 0 Å². The molecule has 6 nitrogen and oxygen atoms in total. The Balaban J connectivity index is 0.000000166. The fourth-order valence-electron chi connectivity index (χ4n) is 8.25. The van der Waals surface area contributed by atoms with Crippen molar-refractivity contribution in [2.24, 2.45) is 0 Å². The topological polar surface area (TPSA) is 121 Å². The van der Waals surface area contributed by atoms with Crippen LogP contribution in [-0.2, 0) is 17.3 Å². The summed E-state index contributed by atoms with van der Waals surface area (Å²) in [6, 6.07) is 34.7. The van der Waals surface area contributed by atoms with E-state index in [2.05, 4.69) is 13.8 Å². The highest BCUT2D eigenvalue weighted by molar-refractivity contribution is 5.48. The molecule has 1 fully saturated rings. The molecule has 1 aliphatic carbocycles. The van der Waals surface area contributed by atoms with E-state index in [1.54, 1.807) is 36.4 Å². The van der Waals surface area contributed by atoms with E-state index in [9.17, 15) is 30.6 Å². The molecule has 304 valence electrons. The van der Waals surface area contributed by atoms with Gasteiger partial charge in [-0.3, -0.25) is 0 Å². The van der Waals surface area contributed by atoms with Gasteiger partial charge in [0.05, 0.1) is 0 Å². The number of aryl methyl sites for hydroxylation is 6. The Hall–Kier alpha value is -5.88. The smallest absolute Gasteiger partial charge is 0.121 e. The second-order valence-corrected chi connectivity index (χ2v) is 16.7. The van der Waals surface area contributed by atoms with Gasteiger partial charge in [-0.05, 0) is 164 Å². The van der Waals surface area contributed by atoms with E-state index >= 15 is 0 Å². The SMILES string of the molecule is Cc1cc(C(C)(C)c2ccc(O)c(C)c2)ccc1O.Cc1cc(Cc2cc(C)c(O)c(C)c2)cc(C)c1O.Oc1ccc(C2(c3ccc(O)cc3)CCCCC2)cc1. The molecule has 7 rings (SSSR count). The Morgan fingerprint density at radius 1 is 0.431 bits per heavy atom. The molecule has 6 aromatic rings. The Morgan fingerprint density at radius 3 is 1.10 bits per heavy atom. The van der Waals surface area contributed by atoms with Crippen LogP contribution >= 0.6 is 0 Å². The van der Waals surface area contributed by atoms with E-state index in [1.807, 2.05) is 114 Å². The third-order valence-electron chi connectivity index (χ3n) is 11.9. The summed E-state index contributed by atoms with van der Waals surface area (Å²) in [5.41, 5.74) is 12.4. The van der Waals surface area contributed by atoms with Gasteiger partial charge in [-0.15, -0.1) is 0 Å². The van der Waals surface area contributed by atoms with Crippen LogP contribution in [0, 0.1) is 41.5 Å². The first-order valence-corrected chi connectivity index (χ1v) is 20.2. The Morgan fingerprint density at radius 2 is 0.776 bits per heavy atom. The predicted octanol–water partition coefficient (Wildman–Crippen LogP) is 12.3. The van der Waals surface area contributed by atoms with Gasteiger partial charge < -0.3 is 30.6 Å². The highest BCUT2D eigenvalue weighted by Crippen LogP contribution is 2.45. The van der Waals surface area contributed by atoms with Crippen molar-refractivity contribution in [2.45, 2.75) is 105 Å². The lowest BCUT2D eigenvalue weighted by Crippen LogP contribution is -2.30. The predicted molar refractivity (Wildman–Crippen MR) is 236 cm³/mol. The minimum absolute atomic E-state index is 0.0274. The summed E-state index contributed by atoms with van der Waals surface area (Å²) >= 11 is 0. The monoisotopic (exact) mass is 780 g/mol. The first-order chi connectivity index (χ1) is 27.4. The molecule has 1 saturated carbocycles. The lowest BCUT2D eigenvalue weighted by Gasteiger charge is -2.38. The van der Waals surface area contributed by atoms with Crippen LogP contribution in [0.5, 0.6) is 34.5 Å². The third kappa shape index (κ3) is 9.97. The highest BCUT2D eigenvalue weighted by atomic mass is 16.3. The lowest BCUT2D eigenvalue weighted by atomic mass is 9.65. The molecular weight excluding hydrogens is 721 g/mol. The van der Waals surface area contributed by atoms with Crippen LogP contribution in [0.15, 0.2) is 109 Å². The van der Waals surface area contributed by atoms with Crippen molar-refractivity contribution in [1.82, 2.24) is 0 Å². The molecule has 1 aliphatic rings. The van der Waals surface area contributed by atoms with Gasteiger partial charge >= 0.3 is 0 Å². The van der Waals surface area contributed by atoms with Crippen molar-refractivity contribution in [3.05, 3.63) is 176 Å². The van der Waals surface area contributed by atoms with Crippen LogP contribution in [0.3, 0.4) is 0 Å². The van der Waals surface area contributed by atoms with Gasteiger partial charge in [0.25, 0.3) is 0 Å². The van der Waals surface area contributed by atoms with Crippen LogP contribution in [0.2, 0.25) is 0 Å².